The van der Waals surface area contributed by atoms with Crippen LogP contribution in [0.3, 0.4) is 0 Å². The van der Waals surface area contributed by atoms with Crippen molar-refractivity contribution in [3.8, 4) is 0 Å². The van der Waals surface area contributed by atoms with Gasteiger partial charge in [-0.15, -0.1) is 0 Å². The molecule has 0 aromatic heterocycles. The van der Waals surface area contributed by atoms with Crippen LogP contribution in [0.25, 0.3) is 0 Å². The van der Waals surface area contributed by atoms with Gasteiger partial charge >= 0.3 is 0 Å². The van der Waals surface area contributed by atoms with E-state index in [1.165, 1.54) is 0 Å². The number of nitrogens with two attached hydrogens (primary N) is 1. The second kappa shape index (κ2) is 5.31. The summed E-state index contributed by atoms with van der Waals surface area (Å²) in [6, 6.07) is 0. The van der Waals surface area contributed by atoms with E-state index in [0.717, 1.165) is 38.0 Å². The van der Waals surface area contributed by atoms with Crippen LogP contribution in [0.2, 0.25) is 0 Å². The van der Waals surface area contributed by atoms with Gasteiger partial charge in [0.15, 0.2) is 0 Å². The third kappa shape index (κ3) is 2.94. The van der Waals surface area contributed by atoms with E-state index in [0.29, 0.717) is 18.4 Å². The average molecular weight is 213 g/mol. The lowest BCUT2D eigenvalue weighted by molar-refractivity contribution is -0.0745. The molecule has 0 aromatic rings. The van der Waals surface area contributed by atoms with E-state index >= 15 is 0 Å². The van der Waals surface area contributed by atoms with Crippen molar-refractivity contribution in [3.05, 3.63) is 0 Å². The molecule has 2 heteroatoms. The lowest BCUT2D eigenvalue weighted by atomic mass is 9.67. The standard InChI is InChI=1S/C13H27NO/c1-4-5-12(9-14)13(15)7-6-10(2)11(3)8-13/h10-12,15H,4-9,14H2,1-3H3. The molecule has 0 radical (unpaired) electrons. The van der Waals surface area contributed by atoms with Crippen LogP contribution in [0.4, 0.5) is 0 Å². The van der Waals surface area contributed by atoms with Crippen LogP contribution in [-0.4, -0.2) is 17.3 Å². The Labute approximate surface area is 94.2 Å². The van der Waals surface area contributed by atoms with E-state index < -0.39 is 5.60 Å². The Hall–Kier alpha value is -0.0800. The van der Waals surface area contributed by atoms with Crippen LogP contribution in [-0.2, 0) is 0 Å². The molecule has 0 bridgehead atoms. The van der Waals surface area contributed by atoms with E-state index in [4.69, 9.17) is 5.73 Å². The highest BCUT2D eigenvalue weighted by Crippen LogP contribution is 2.41. The summed E-state index contributed by atoms with van der Waals surface area (Å²) in [6.45, 7) is 7.35. The van der Waals surface area contributed by atoms with Crippen molar-refractivity contribution in [2.45, 2.75) is 58.5 Å². The van der Waals surface area contributed by atoms with E-state index in [-0.39, 0.29) is 0 Å². The van der Waals surface area contributed by atoms with E-state index in [2.05, 4.69) is 20.8 Å². The molecule has 1 saturated carbocycles. The highest BCUT2D eigenvalue weighted by molar-refractivity contribution is 4.93. The first-order valence-corrected chi connectivity index (χ1v) is 6.46. The van der Waals surface area contributed by atoms with Gasteiger partial charge in [0.2, 0.25) is 0 Å². The lowest BCUT2D eigenvalue weighted by Crippen LogP contribution is -2.46. The molecule has 1 fully saturated rings. The van der Waals surface area contributed by atoms with Gasteiger partial charge in [0, 0.05) is 0 Å². The molecular weight excluding hydrogens is 186 g/mol. The fourth-order valence-electron chi connectivity index (χ4n) is 2.95. The Morgan fingerprint density at radius 2 is 2.07 bits per heavy atom. The van der Waals surface area contributed by atoms with Crippen molar-refractivity contribution in [1.82, 2.24) is 0 Å². The zero-order valence-corrected chi connectivity index (χ0v) is 10.5. The summed E-state index contributed by atoms with van der Waals surface area (Å²) in [5.41, 5.74) is 5.32. The predicted molar refractivity (Wildman–Crippen MR) is 64.6 cm³/mol. The molecule has 4 unspecified atom stereocenters. The topological polar surface area (TPSA) is 46.2 Å². The summed E-state index contributed by atoms with van der Waals surface area (Å²) in [5.74, 6) is 1.69. The molecule has 1 aliphatic carbocycles. The van der Waals surface area contributed by atoms with Gasteiger partial charge in [0.1, 0.15) is 0 Å². The second-order valence-corrected chi connectivity index (χ2v) is 5.52. The van der Waals surface area contributed by atoms with E-state index in [9.17, 15) is 5.11 Å². The van der Waals surface area contributed by atoms with Crippen molar-refractivity contribution < 1.29 is 5.11 Å². The van der Waals surface area contributed by atoms with Gasteiger partial charge in [-0.3, -0.25) is 0 Å². The van der Waals surface area contributed by atoms with E-state index in [1.54, 1.807) is 0 Å². The normalized spacial score (nSPS) is 39.0. The van der Waals surface area contributed by atoms with Crippen molar-refractivity contribution in [3.63, 3.8) is 0 Å². The zero-order chi connectivity index (χ0) is 11.5. The molecule has 3 N–H and O–H groups in total. The van der Waals surface area contributed by atoms with Crippen LogP contribution in [0.5, 0.6) is 0 Å². The minimum absolute atomic E-state index is 0.303. The third-order valence-electron chi connectivity index (χ3n) is 4.36. The quantitative estimate of drug-likeness (QED) is 0.754. The molecule has 15 heavy (non-hydrogen) atoms. The second-order valence-electron chi connectivity index (χ2n) is 5.52. The maximum absolute atomic E-state index is 10.7. The average Bonchev–Trinajstić information content (AvgIpc) is 2.20. The molecule has 0 aromatic carbocycles. The molecule has 2 nitrogen and oxygen atoms in total. The lowest BCUT2D eigenvalue weighted by Gasteiger charge is -2.43. The summed E-state index contributed by atoms with van der Waals surface area (Å²) >= 11 is 0. The van der Waals surface area contributed by atoms with Gasteiger partial charge in [0.25, 0.3) is 0 Å². The molecule has 90 valence electrons. The Morgan fingerprint density at radius 3 is 2.53 bits per heavy atom. The van der Waals surface area contributed by atoms with Crippen LogP contribution in [0.15, 0.2) is 0 Å². The minimum atomic E-state index is -0.476. The van der Waals surface area contributed by atoms with Crippen LogP contribution >= 0.6 is 0 Å². The Kier molecular flexibility index (Phi) is 4.60. The summed E-state index contributed by atoms with van der Waals surface area (Å²) in [4.78, 5) is 0. The highest BCUT2D eigenvalue weighted by Gasteiger charge is 2.40. The fourth-order valence-corrected chi connectivity index (χ4v) is 2.95. The third-order valence-corrected chi connectivity index (χ3v) is 4.36. The van der Waals surface area contributed by atoms with Crippen LogP contribution in [0, 0.1) is 17.8 Å². The van der Waals surface area contributed by atoms with Crippen molar-refractivity contribution in [2.24, 2.45) is 23.5 Å². The number of rotatable bonds is 4. The van der Waals surface area contributed by atoms with Gasteiger partial charge in [-0.05, 0) is 50.0 Å². The summed E-state index contributed by atoms with van der Waals surface area (Å²) in [5, 5.41) is 10.7. The largest absolute Gasteiger partial charge is 0.390 e. The number of hydrogen-bond donors (Lipinski definition) is 2. The molecule has 0 aliphatic heterocycles. The summed E-state index contributed by atoms with van der Waals surface area (Å²) < 4.78 is 0. The molecule has 0 heterocycles. The van der Waals surface area contributed by atoms with Gasteiger partial charge in [-0.2, -0.15) is 0 Å². The smallest absolute Gasteiger partial charge is 0.0690 e. The summed E-state index contributed by atoms with van der Waals surface area (Å²) in [7, 11) is 0. The fraction of sp³-hybridized carbons (Fsp3) is 1.00. The summed E-state index contributed by atoms with van der Waals surface area (Å²) in [6.07, 6.45) is 5.22. The Morgan fingerprint density at radius 1 is 1.40 bits per heavy atom. The van der Waals surface area contributed by atoms with Gasteiger partial charge < -0.3 is 10.8 Å². The first-order chi connectivity index (χ1) is 7.03. The first kappa shape index (κ1) is 13.0. The molecule has 4 atom stereocenters. The molecule has 1 aliphatic rings. The highest BCUT2D eigenvalue weighted by atomic mass is 16.3. The zero-order valence-electron chi connectivity index (χ0n) is 10.5. The molecule has 0 spiro atoms. The maximum Gasteiger partial charge on any atom is 0.0690 e. The molecular formula is C13H27NO. The monoisotopic (exact) mass is 213 g/mol. The van der Waals surface area contributed by atoms with Crippen LogP contribution in [0.1, 0.15) is 52.9 Å². The van der Waals surface area contributed by atoms with E-state index in [1.807, 2.05) is 0 Å². The van der Waals surface area contributed by atoms with Gasteiger partial charge in [0.05, 0.1) is 5.60 Å². The van der Waals surface area contributed by atoms with Crippen LogP contribution < -0.4 is 5.73 Å². The van der Waals surface area contributed by atoms with Crippen molar-refractivity contribution >= 4 is 0 Å². The Bertz CT molecular complexity index is 195. The maximum atomic E-state index is 10.7. The molecule has 0 saturated heterocycles. The SMILES string of the molecule is CCCC(CN)C1(O)CCC(C)C(C)C1. The number of aliphatic hydroxyl groups is 1. The molecule has 0 amide bonds. The predicted octanol–water partition coefficient (Wildman–Crippen LogP) is 2.55. The van der Waals surface area contributed by atoms with Gasteiger partial charge in [-0.1, -0.05) is 27.2 Å². The Balaban J connectivity index is 2.64. The van der Waals surface area contributed by atoms with Crippen molar-refractivity contribution in [2.75, 3.05) is 6.54 Å². The number of hydrogen-bond acceptors (Lipinski definition) is 2. The minimum Gasteiger partial charge on any atom is -0.390 e. The van der Waals surface area contributed by atoms with Crippen molar-refractivity contribution in [1.29, 1.82) is 0 Å². The first-order valence-electron chi connectivity index (χ1n) is 6.46. The van der Waals surface area contributed by atoms with Gasteiger partial charge in [-0.25, -0.2) is 0 Å². The molecule has 1 rings (SSSR count).